The molecule has 0 radical (unpaired) electrons. The number of aryl methyl sites for hydroxylation is 2. The van der Waals surface area contributed by atoms with E-state index in [2.05, 4.69) is 39.8 Å². The maximum Gasteiger partial charge on any atom is 0.319 e. The summed E-state index contributed by atoms with van der Waals surface area (Å²) in [4.78, 5) is 14.4. The molecule has 4 rings (SSSR count). The monoisotopic (exact) mass is 365 g/mol. The first kappa shape index (κ1) is 17.7. The molecule has 0 unspecified atom stereocenters. The molecule has 0 saturated carbocycles. The minimum Gasteiger partial charge on any atom is -0.492 e. The molecule has 1 aliphatic carbocycles. The third kappa shape index (κ3) is 4.54. The van der Waals surface area contributed by atoms with Crippen LogP contribution in [0.25, 0.3) is 0 Å². The number of hydrogen-bond donors (Lipinski definition) is 2. The quantitative estimate of drug-likeness (QED) is 0.762. The van der Waals surface area contributed by atoms with Gasteiger partial charge in [0.15, 0.2) is 0 Å². The lowest BCUT2D eigenvalue weighted by Crippen LogP contribution is -2.32. The summed E-state index contributed by atoms with van der Waals surface area (Å²) < 4.78 is 5.76. The average molecular weight is 365 g/mol. The third-order valence-electron chi connectivity index (χ3n) is 5.32. The molecule has 2 aromatic carbocycles. The normalized spacial score (nSPS) is 15.5. The second kappa shape index (κ2) is 8.33. The fourth-order valence-electron chi connectivity index (χ4n) is 3.88. The van der Waals surface area contributed by atoms with Crippen molar-refractivity contribution in [1.29, 1.82) is 0 Å². The predicted octanol–water partition coefficient (Wildman–Crippen LogP) is 3.98. The van der Waals surface area contributed by atoms with Crippen LogP contribution in [-0.2, 0) is 12.8 Å². The molecule has 0 bridgehead atoms. The van der Waals surface area contributed by atoms with E-state index in [4.69, 9.17) is 4.74 Å². The van der Waals surface area contributed by atoms with Crippen LogP contribution < -0.4 is 20.3 Å². The Morgan fingerprint density at radius 1 is 0.963 bits per heavy atom. The van der Waals surface area contributed by atoms with Crippen LogP contribution in [0.1, 0.15) is 30.4 Å². The SMILES string of the molecule is O=C(NCCOc1ccc2c(c1)CCC2)Nc1ccc(N2CCCC2)cc1. The van der Waals surface area contributed by atoms with Gasteiger partial charge >= 0.3 is 6.03 Å². The number of anilines is 2. The van der Waals surface area contributed by atoms with Gasteiger partial charge in [-0.25, -0.2) is 4.79 Å². The molecule has 142 valence electrons. The first-order valence-corrected chi connectivity index (χ1v) is 9.92. The molecule has 1 saturated heterocycles. The zero-order valence-electron chi connectivity index (χ0n) is 15.7. The van der Waals surface area contributed by atoms with Crippen molar-refractivity contribution in [2.45, 2.75) is 32.1 Å². The second-order valence-corrected chi connectivity index (χ2v) is 7.25. The van der Waals surface area contributed by atoms with Gasteiger partial charge in [-0.15, -0.1) is 0 Å². The zero-order valence-corrected chi connectivity index (χ0v) is 15.7. The van der Waals surface area contributed by atoms with Crippen LogP contribution in [0.3, 0.4) is 0 Å². The van der Waals surface area contributed by atoms with Crippen LogP contribution in [0.2, 0.25) is 0 Å². The molecule has 1 aliphatic heterocycles. The van der Waals surface area contributed by atoms with Crippen molar-refractivity contribution in [3.8, 4) is 5.75 Å². The van der Waals surface area contributed by atoms with Crippen molar-refractivity contribution in [2.24, 2.45) is 0 Å². The number of fused-ring (bicyclic) bond motifs is 1. The summed E-state index contributed by atoms with van der Waals surface area (Å²) in [6.45, 7) is 3.17. The Balaban J connectivity index is 1.18. The lowest BCUT2D eigenvalue weighted by Gasteiger charge is -2.17. The van der Waals surface area contributed by atoms with Gasteiger partial charge in [0.2, 0.25) is 0 Å². The smallest absolute Gasteiger partial charge is 0.319 e. The molecule has 1 heterocycles. The van der Waals surface area contributed by atoms with E-state index in [1.165, 1.54) is 42.5 Å². The van der Waals surface area contributed by atoms with Crippen molar-refractivity contribution >= 4 is 17.4 Å². The van der Waals surface area contributed by atoms with Gasteiger partial charge in [-0.1, -0.05) is 6.07 Å². The van der Waals surface area contributed by atoms with Crippen LogP contribution in [0, 0.1) is 0 Å². The Kier molecular flexibility index (Phi) is 5.47. The molecule has 5 nitrogen and oxygen atoms in total. The Morgan fingerprint density at radius 2 is 1.74 bits per heavy atom. The highest BCUT2D eigenvalue weighted by atomic mass is 16.5. The first-order chi connectivity index (χ1) is 13.3. The van der Waals surface area contributed by atoms with Crippen molar-refractivity contribution in [3.63, 3.8) is 0 Å². The average Bonchev–Trinajstić information content (AvgIpc) is 3.37. The van der Waals surface area contributed by atoms with E-state index in [1.807, 2.05) is 18.2 Å². The van der Waals surface area contributed by atoms with Crippen molar-refractivity contribution in [3.05, 3.63) is 53.6 Å². The largest absolute Gasteiger partial charge is 0.492 e. The summed E-state index contributed by atoms with van der Waals surface area (Å²) in [7, 11) is 0. The highest BCUT2D eigenvalue weighted by molar-refractivity contribution is 5.89. The fourth-order valence-corrected chi connectivity index (χ4v) is 3.88. The van der Waals surface area contributed by atoms with Crippen LogP contribution in [0.5, 0.6) is 5.75 Å². The van der Waals surface area contributed by atoms with Gasteiger partial charge in [0.05, 0.1) is 6.54 Å². The summed E-state index contributed by atoms with van der Waals surface area (Å²) in [5.74, 6) is 0.885. The molecule has 2 N–H and O–H groups in total. The number of urea groups is 1. The summed E-state index contributed by atoms with van der Waals surface area (Å²) >= 11 is 0. The van der Waals surface area contributed by atoms with Crippen molar-refractivity contribution in [2.75, 3.05) is 36.5 Å². The number of carbonyl (C=O) groups excluding carboxylic acids is 1. The van der Waals surface area contributed by atoms with Gasteiger partial charge in [-0.2, -0.15) is 0 Å². The van der Waals surface area contributed by atoms with E-state index >= 15 is 0 Å². The summed E-state index contributed by atoms with van der Waals surface area (Å²) in [6.07, 6.45) is 6.07. The molecule has 0 atom stereocenters. The molecule has 0 aromatic heterocycles. The maximum atomic E-state index is 12.0. The number of nitrogens with zero attached hydrogens (tertiary/aromatic N) is 1. The summed E-state index contributed by atoms with van der Waals surface area (Å²) in [5, 5.41) is 5.71. The number of ether oxygens (including phenoxy) is 1. The van der Waals surface area contributed by atoms with Gasteiger partial charge < -0.3 is 20.3 Å². The van der Waals surface area contributed by atoms with Crippen LogP contribution in [-0.4, -0.2) is 32.3 Å². The Morgan fingerprint density at radius 3 is 2.56 bits per heavy atom. The van der Waals surface area contributed by atoms with E-state index in [9.17, 15) is 4.79 Å². The fraction of sp³-hybridized carbons (Fsp3) is 0.409. The molecule has 5 heteroatoms. The Labute approximate surface area is 160 Å². The number of nitrogens with one attached hydrogen (secondary N) is 2. The molecule has 1 fully saturated rings. The van der Waals surface area contributed by atoms with Gasteiger partial charge in [0.25, 0.3) is 0 Å². The lowest BCUT2D eigenvalue weighted by atomic mass is 10.1. The molecule has 27 heavy (non-hydrogen) atoms. The van der Waals surface area contributed by atoms with Crippen LogP contribution in [0.15, 0.2) is 42.5 Å². The standard InChI is InChI=1S/C22H27N3O2/c26-22(24-19-7-9-20(10-8-19)25-13-1-2-14-25)23-12-15-27-21-11-6-17-4-3-5-18(17)16-21/h6-11,16H,1-5,12-15H2,(H2,23,24,26). The van der Waals surface area contributed by atoms with Gasteiger partial charge in [0, 0.05) is 24.5 Å². The third-order valence-corrected chi connectivity index (χ3v) is 5.32. The summed E-state index contributed by atoms with van der Waals surface area (Å²) in [5.41, 5.74) is 4.86. The second-order valence-electron chi connectivity index (χ2n) is 7.25. The number of hydrogen-bond acceptors (Lipinski definition) is 3. The number of amides is 2. The first-order valence-electron chi connectivity index (χ1n) is 9.92. The molecular weight excluding hydrogens is 338 g/mol. The number of carbonyl (C=O) groups is 1. The minimum absolute atomic E-state index is 0.207. The Hall–Kier alpha value is -2.69. The van der Waals surface area contributed by atoms with Crippen molar-refractivity contribution < 1.29 is 9.53 Å². The van der Waals surface area contributed by atoms with E-state index in [1.54, 1.807) is 0 Å². The van der Waals surface area contributed by atoms with Crippen LogP contribution >= 0.6 is 0 Å². The molecule has 2 aliphatic rings. The lowest BCUT2D eigenvalue weighted by molar-refractivity contribution is 0.247. The minimum atomic E-state index is -0.207. The maximum absolute atomic E-state index is 12.0. The topological polar surface area (TPSA) is 53.6 Å². The van der Waals surface area contributed by atoms with Crippen molar-refractivity contribution in [1.82, 2.24) is 5.32 Å². The van der Waals surface area contributed by atoms with E-state index < -0.39 is 0 Å². The highest BCUT2D eigenvalue weighted by Crippen LogP contribution is 2.26. The van der Waals surface area contributed by atoms with E-state index in [0.29, 0.717) is 13.2 Å². The predicted molar refractivity (Wildman–Crippen MR) is 109 cm³/mol. The zero-order chi connectivity index (χ0) is 18.5. The summed E-state index contributed by atoms with van der Waals surface area (Å²) in [6, 6.07) is 14.1. The highest BCUT2D eigenvalue weighted by Gasteiger charge is 2.12. The molecular formula is C22H27N3O2. The number of rotatable bonds is 6. The van der Waals surface area contributed by atoms with Crippen LogP contribution in [0.4, 0.5) is 16.2 Å². The van der Waals surface area contributed by atoms with E-state index in [-0.39, 0.29) is 6.03 Å². The number of benzene rings is 2. The molecule has 2 aromatic rings. The van der Waals surface area contributed by atoms with Gasteiger partial charge in [-0.3, -0.25) is 0 Å². The molecule has 0 spiro atoms. The van der Waals surface area contributed by atoms with E-state index in [0.717, 1.165) is 30.9 Å². The van der Waals surface area contributed by atoms with Gasteiger partial charge in [-0.05, 0) is 79.6 Å². The Bertz CT molecular complexity index is 783. The van der Waals surface area contributed by atoms with Gasteiger partial charge in [0.1, 0.15) is 12.4 Å². The molecule has 2 amide bonds.